The highest BCUT2D eigenvalue weighted by molar-refractivity contribution is 6.32. The van der Waals surface area contributed by atoms with E-state index in [9.17, 15) is 9.18 Å². The van der Waals surface area contributed by atoms with Crippen LogP contribution in [0.15, 0.2) is 48.9 Å². The number of aliphatic carboxylic acids is 1. The van der Waals surface area contributed by atoms with Crippen LogP contribution in [0.4, 0.5) is 21.7 Å². The number of pyridine rings is 1. The summed E-state index contributed by atoms with van der Waals surface area (Å²) in [6.07, 6.45) is 4.60. The average Bonchev–Trinajstić information content (AvgIpc) is 3.20. The quantitative estimate of drug-likeness (QED) is 0.432. The van der Waals surface area contributed by atoms with Crippen molar-refractivity contribution in [2.75, 3.05) is 30.9 Å². The Balaban J connectivity index is 1.67. The van der Waals surface area contributed by atoms with Gasteiger partial charge in [-0.15, -0.1) is 0 Å². The Morgan fingerprint density at radius 2 is 2.12 bits per heavy atom. The predicted molar refractivity (Wildman–Crippen MR) is 118 cm³/mol. The SMILES string of the molecule is COc1cc(N(C)CC(=O)O)ccc1Nc1ncc(Cl)c(-c2cnc3c(F)cccn23)n1. The number of halogens is 2. The fourth-order valence-corrected chi connectivity index (χ4v) is 3.38. The summed E-state index contributed by atoms with van der Waals surface area (Å²) in [5.41, 5.74) is 2.28. The lowest BCUT2D eigenvalue weighted by atomic mass is 10.2. The van der Waals surface area contributed by atoms with Crippen LogP contribution in [-0.4, -0.2) is 51.1 Å². The van der Waals surface area contributed by atoms with Crippen molar-refractivity contribution in [3.8, 4) is 17.1 Å². The van der Waals surface area contributed by atoms with Crippen molar-refractivity contribution in [3.05, 3.63) is 59.8 Å². The molecule has 2 N–H and O–H groups in total. The first-order valence-corrected chi connectivity index (χ1v) is 9.77. The molecule has 0 atom stereocenters. The van der Waals surface area contributed by atoms with Crippen LogP contribution in [0.2, 0.25) is 5.02 Å². The van der Waals surface area contributed by atoms with Gasteiger partial charge < -0.3 is 20.1 Å². The van der Waals surface area contributed by atoms with E-state index in [-0.39, 0.29) is 23.2 Å². The summed E-state index contributed by atoms with van der Waals surface area (Å²) in [5, 5.41) is 12.3. The number of rotatable bonds is 7. The number of carbonyl (C=O) groups is 1. The predicted octanol–water partition coefficient (Wildman–Crippen LogP) is 3.86. The maximum atomic E-state index is 14.0. The standard InChI is InChI=1S/C21H18ClFN6O3/c1-28(11-18(30)31)12-5-6-15(17(8-12)32-2)26-21-25-9-13(22)19(27-21)16-10-24-20-14(23)4-3-7-29(16)20/h3-10H,11H2,1-2H3,(H,30,31)(H,25,26,27). The third-order valence-corrected chi connectivity index (χ3v) is 5.00. The number of ether oxygens (including phenoxy) is 1. The number of carboxylic acids is 1. The molecule has 9 nitrogen and oxygen atoms in total. The van der Waals surface area contributed by atoms with Crippen molar-refractivity contribution < 1.29 is 19.0 Å². The number of hydrogen-bond donors (Lipinski definition) is 2. The Morgan fingerprint density at radius 3 is 2.88 bits per heavy atom. The first kappa shape index (κ1) is 21.3. The maximum Gasteiger partial charge on any atom is 0.323 e. The fraction of sp³-hybridized carbons (Fsp3) is 0.143. The minimum Gasteiger partial charge on any atom is -0.494 e. The monoisotopic (exact) mass is 456 g/mol. The molecular formula is C21H18ClFN6O3. The number of aromatic nitrogens is 4. The summed E-state index contributed by atoms with van der Waals surface area (Å²) < 4.78 is 21.0. The minimum absolute atomic E-state index is 0.153. The van der Waals surface area contributed by atoms with E-state index >= 15 is 0 Å². The van der Waals surface area contributed by atoms with Gasteiger partial charge in [0.25, 0.3) is 0 Å². The molecule has 0 aliphatic heterocycles. The van der Waals surface area contributed by atoms with Crippen LogP contribution in [0.5, 0.6) is 5.75 Å². The van der Waals surface area contributed by atoms with Crippen molar-refractivity contribution in [1.82, 2.24) is 19.4 Å². The highest BCUT2D eigenvalue weighted by Crippen LogP contribution is 2.33. The van der Waals surface area contributed by atoms with Gasteiger partial charge in [0.2, 0.25) is 5.95 Å². The number of fused-ring (bicyclic) bond motifs is 1. The van der Waals surface area contributed by atoms with Crippen LogP contribution in [0, 0.1) is 5.82 Å². The summed E-state index contributed by atoms with van der Waals surface area (Å²) in [5.74, 6) is -0.694. The van der Waals surface area contributed by atoms with Gasteiger partial charge in [-0.2, -0.15) is 0 Å². The van der Waals surface area contributed by atoms with Gasteiger partial charge in [0, 0.05) is 25.0 Å². The fourth-order valence-electron chi connectivity index (χ4n) is 3.19. The largest absolute Gasteiger partial charge is 0.494 e. The lowest BCUT2D eigenvalue weighted by molar-refractivity contribution is -0.135. The molecule has 0 fully saturated rings. The number of anilines is 3. The Kier molecular flexibility index (Phi) is 5.78. The highest BCUT2D eigenvalue weighted by Gasteiger charge is 2.16. The zero-order chi connectivity index (χ0) is 22.8. The minimum atomic E-state index is -0.942. The van der Waals surface area contributed by atoms with Crippen LogP contribution in [0.1, 0.15) is 0 Å². The van der Waals surface area contributed by atoms with Crippen molar-refractivity contribution in [2.45, 2.75) is 0 Å². The number of imidazole rings is 1. The van der Waals surface area contributed by atoms with Gasteiger partial charge in [-0.25, -0.2) is 19.3 Å². The zero-order valence-electron chi connectivity index (χ0n) is 17.1. The van der Waals surface area contributed by atoms with Crippen molar-refractivity contribution in [3.63, 3.8) is 0 Å². The van der Waals surface area contributed by atoms with Crippen molar-refractivity contribution in [1.29, 1.82) is 0 Å². The number of hydrogen-bond acceptors (Lipinski definition) is 7. The second-order valence-corrected chi connectivity index (χ2v) is 7.25. The van der Waals surface area contributed by atoms with Crippen LogP contribution in [-0.2, 0) is 4.79 Å². The number of likely N-dealkylation sites (N-methyl/N-ethyl adjacent to an activating group) is 1. The Labute approximate surface area is 187 Å². The number of nitrogens with one attached hydrogen (secondary N) is 1. The smallest absolute Gasteiger partial charge is 0.323 e. The van der Waals surface area contributed by atoms with Crippen molar-refractivity contribution >= 4 is 40.5 Å². The lowest BCUT2D eigenvalue weighted by Gasteiger charge is -2.19. The van der Waals surface area contributed by atoms with E-state index in [1.165, 1.54) is 25.6 Å². The normalized spacial score (nSPS) is 10.9. The molecule has 0 unspecified atom stereocenters. The Morgan fingerprint density at radius 1 is 1.31 bits per heavy atom. The molecule has 0 saturated carbocycles. The third-order valence-electron chi connectivity index (χ3n) is 4.72. The van der Waals surface area contributed by atoms with Gasteiger partial charge in [0.15, 0.2) is 11.5 Å². The second kappa shape index (κ2) is 8.67. The van der Waals surface area contributed by atoms with E-state index in [1.54, 1.807) is 46.8 Å². The molecule has 3 heterocycles. The first-order valence-electron chi connectivity index (χ1n) is 9.40. The molecule has 0 amide bonds. The maximum absolute atomic E-state index is 14.0. The molecule has 4 aromatic rings. The van der Waals surface area contributed by atoms with E-state index in [0.29, 0.717) is 28.5 Å². The number of methoxy groups -OCH3 is 1. The molecule has 32 heavy (non-hydrogen) atoms. The van der Waals surface area contributed by atoms with Gasteiger partial charge >= 0.3 is 5.97 Å². The number of benzene rings is 1. The van der Waals surface area contributed by atoms with Crippen LogP contribution >= 0.6 is 11.6 Å². The summed E-state index contributed by atoms with van der Waals surface area (Å²) in [6.45, 7) is -0.153. The molecule has 0 spiro atoms. The number of carboxylic acid groups (broad SMARTS) is 1. The molecule has 0 aliphatic rings. The van der Waals surface area contributed by atoms with Crippen molar-refractivity contribution in [2.24, 2.45) is 0 Å². The summed E-state index contributed by atoms with van der Waals surface area (Å²) in [7, 11) is 3.17. The molecule has 4 rings (SSSR count). The summed E-state index contributed by atoms with van der Waals surface area (Å²) >= 11 is 6.32. The van der Waals surface area contributed by atoms with E-state index in [2.05, 4.69) is 20.3 Å². The van der Waals surface area contributed by atoms with Gasteiger partial charge in [0.05, 0.1) is 35.9 Å². The third kappa shape index (κ3) is 4.12. The Hall–Kier alpha value is -3.92. The van der Waals surface area contributed by atoms with Gasteiger partial charge in [-0.05, 0) is 24.3 Å². The molecular weight excluding hydrogens is 439 g/mol. The van der Waals surface area contributed by atoms with Gasteiger partial charge in [-0.3, -0.25) is 9.20 Å². The van der Waals surface area contributed by atoms with Crippen LogP contribution in [0.25, 0.3) is 17.0 Å². The molecule has 11 heteroatoms. The number of nitrogens with zero attached hydrogens (tertiary/aromatic N) is 5. The summed E-state index contributed by atoms with van der Waals surface area (Å²) in [6, 6.07) is 8.07. The van der Waals surface area contributed by atoms with Gasteiger partial charge in [-0.1, -0.05) is 11.6 Å². The van der Waals surface area contributed by atoms with Crippen LogP contribution in [0.3, 0.4) is 0 Å². The summed E-state index contributed by atoms with van der Waals surface area (Å²) in [4.78, 5) is 25.3. The van der Waals surface area contributed by atoms with E-state index in [0.717, 1.165) is 0 Å². The molecule has 0 aliphatic carbocycles. The molecule has 3 aromatic heterocycles. The lowest BCUT2D eigenvalue weighted by Crippen LogP contribution is -2.25. The van der Waals surface area contributed by atoms with Crippen LogP contribution < -0.4 is 15.0 Å². The topological polar surface area (TPSA) is 105 Å². The van der Waals surface area contributed by atoms with E-state index in [1.807, 2.05) is 0 Å². The average molecular weight is 457 g/mol. The molecule has 0 saturated heterocycles. The van der Waals surface area contributed by atoms with E-state index < -0.39 is 11.8 Å². The van der Waals surface area contributed by atoms with E-state index in [4.69, 9.17) is 21.4 Å². The molecule has 0 radical (unpaired) electrons. The van der Waals surface area contributed by atoms with Gasteiger partial charge in [0.1, 0.15) is 18.0 Å². The molecule has 0 bridgehead atoms. The zero-order valence-corrected chi connectivity index (χ0v) is 17.8. The first-order chi connectivity index (χ1) is 15.4. The molecule has 164 valence electrons. The molecule has 1 aromatic carbocycles. The highest BCUT2D eigenvalue weighted by atomic mass is 35.5. The Bertz CT molecular complexity index is 1310. The second-order valence-electron chi connectivity index (χ2n) is 6.84.